The summed E-state index contributed by atoms with van der Waals surface area (Å²) in [4.78, 5) is 21.4. The van der Waals surface area contributed by atoms with E-state index in [0.717, 1.165) is 23.6 Å². The van der Waals surface area contributed by atoms with Gasteiger partial charge in [0.1, 0.15) is 10.7 Å². The van der Waals surface area contributed by atoms with Crippen LogP contribution in [0.3, 0.4) is 0 Å². The second-order valence-corrected chi connectivity index (χ2v) is 8.88. The Morgan fingerprint density at radius 2 is 1.78 bits per heavy atom. The highest BCUT2D eigenvalue weighted by atomic mass is 32.1. The normalized spacial score (nSPS) is 13.2. The van der Waals surface area contributed by atoms with Crippen molar-refractivity contribution in [3.8, 4) is 22.0 Å². The number of thiazole rings is 1. The Hall–Kier alpha value is -3.45. The third kappa shape index (κ3) is 5.51. The van der Waals surface area contributed by atoms with Crippen molar-refractivity contribution in [1.82, 2.24) is 20.1 Å². The van der Waals surface area contributed by atoms with Crippen LogP contribution in [-0.2, 0) is 17.5 Å². The van der Waals surface area contributed by atoms with Gasteiger partial charge in [-0.2, -0.15) is 13.2 Å². The van der Waals surface area contributed by atoms with E-state index in [1.54, 1.807) is 31.2 Å². The van der Waals surface area contributed by atoms with Crippen LogP contribution < -0.4 is 5.76 Å². The Labute approximate surface area is 205 Å². The first-order chi connectivity index (χ1) is 17.0. The number of H-pyrrole nitrogens is 1. The van der Waals surface area contributed by atoms with Crippen molar-refractivity contribution < 1.29 is 31.2 Å². The zero-order valence-electron chi connectivity index (χ0n) is 18.9. The highest BCUT2D eigenvalue weighted by Crippen LogP contribution is 2.43. The van der Waals surface area contributed by atoms with Gasteiger partial charge in [0, 0.05) is 23.7 Å². The van der Waals surface area contributed by atoms with Crippen molar-refractivity contribution in [2.45, 2.75) is 45.1 Å². The van der Waals surface area contributed by atoms with Gasteiger partial charge in [-0.3, -0.25) is 14.5 Å². The van der Waals surface area contributed by atoms with E-state index >= 15 is 0 Å². The third-order valence-corrected chi connectivity index (χ3v) is 6.56. The van der Waals surface area contributed by atoms with E-state index in [1.807, 2.05) is 0 Å². The maximum Gasteiger partial charge on any atom is 0.439 e. The summed E-state index contributed by atoms with van der Waals surface area (Å²) >= 11 is 0.924. The van der Waals surface area contributed by atoms with Crippen LogP contribution in [0.2, 0.25) is 0 Å². The molecule has 0 aliphatic heterocycles. The Morgan fingerprint density at radius 3 is 2.33 bits per heavy atom. The Morgan fingerprint density at radius 1 is 1.08 bits per heavy atom. The molecular formula is C23H19F5N4O3S. The molecule has 0 aliphatic rings. The van der Waals surface area contributed by atoms with Crippen molar-refractivity contribution in [3.05, 3.63) is 75.0 Å². The number of halogens is 5. The van der Waals surface area contributed by atoms with Crippen LogP contribution in [0.5, 0.6) is 0 Å². The van der Waals surface area contributed by atoms with E-state index in [4.69, 9.17) is 4.74 Å². The number of nitrogens with one attached hydrogen (secondary N) is 1. The van der Waals surface area contributed by atoms with E-state index < -0.39 is 36.1 Å². The van der Waals surface area contributed by atoms with Gasteiger partial charge in [0.05, 0.1) is 17.2 Å². The van der Waals surface area contributed by atoms with Gasteiger partial charge >= 0.3 is 11.9 Å². The number of pyridine rings is 1. The fourth-order valence-corrected chi connectivity index (χ4v) is 4.50. The van der Waals surface area contributed by atoms with Crippen LogP contribution in [0.15, 0.2) is 51.9 Å². The SMILES string of the molecule is CCC(F)(F)C(OCc1ccc(-c2noc(=O)[nH]2)cc1)c1sc(-c2ccc(C(F)(F)F)nc2)nc1C. The molecule has 4 aromatic rings. The van der Waals surface area contributed by atoms with Crippen LogP contribution >= 0.6 is 11.3 Å². The summed E-state index contributed by atoms with van der Waals surface area (Å²) in [5.74, 6) is -3.70. The number of aromatic amines is 1. The Kier molecular flexibility index (Phi) is 7.05. The van der Waals surface area contributed by atoms with Crippen LogP contribution in [0.1, 0.15) is 41.3 Å². The second kappa shape index (κ2) is 9.90. The molecule has 0 aliphatic carbocycles. The first kappa shape index (κ1) is 25.6. The number of hydrogen-bond acceptors (Lipinski definition) is 7. The summed E-state index contributed by atoms with van der Waals surface area (Å²) < 4.78 is 78.4. The number of hydrogen-bond donors (Lipinski definition) is 1. The van der Waals surface area contributed by atoms with Crippen molar-refractivity contribution in [2.24, 2.45) is 0 Å². The molecule has 4 rings (SSSR count). The van der Waals surface area contributed by atoms with Crippen molar-refractivity contribution in [3.63, 3.8) is 0 Å². The molecule has 0 radical (unpaired) electrons. The molecule has 3 heterocycles. The lowest BCUT2D eigenvalue weighted by Gasteiger charge is -2.25. The van der Waals surface area contributed by atoms with E-state index in [2.05, 4.69) is 24.6 Å². The minimum absolute atomic E-state index is 0.148. The average molecular weight is 526 g/mol. The largest absolute Gasteiger partial charge is 0.439 e. The van der Waals surface area contributed by atoms with Gasteiger partial charge in [0.25, 0.3) is 5.92 Å². The van der Waals surface area contributed by atoms with Gasteiger partial charge in [0.2, 0.25) is 0 Å². The average Bonchev–Trinajstić information content (AvgIpc) is 3.45. The molecule has 0 saturated heterocycles. The smallest absolute Gasteiger partial charge is 0.362 e. The fourth-order valence-electron chi connectivity index (χ4n) is 3.33. The van der Waals surface area contributed by atoms with E-state index in [-0.39, 0.29) is 27.9 Å². The van der Waals surface area contributed by atoms with Crippen molar-refractivity contribution in [2.75, 3.05) is 0 Å². The Balaban J connectivity index is 1.56. The number of rotatable bonds is 8. The number of aromatic nitrogens is 4. The number of benzene rings is 1. The predicted molar refractivity (Wildman–Crippen MR) is 120 cm³/mol. The summed E-state index contributed by atoms with van der Waals surface area (Å²) in [5.41, 5.74) is 0.670. The summed E-state index contributed by atoms with van der Waals surface area (Å²) in [7, 11) is 0. The maximum absolute atomic E-state index is 14.9. The van der Waals surface area contributed by atoms with Crippen molar-refractivity contribution >= 4 is 11.3 Å². The lowest BCUT2D eigenvalue weighted by molar-refractivity contribution is -0.146. The monoisotopic (exact) mass is 526 g/mol. The van der Waals surface area contributed by atoms with Crippen LogP contribution in [-0.4, -0.2) is 26.0 Å². The molecule has 0 bridgehead atoms. The van der Waals surface area contributed by atoms with Gasteiger partial charge in [-0.1, -0.05) is 36.3 Å². The third-order valence-electron chi connectivity index (χ3n) is 5.31. The van der Waals surface area contributed by atoms with Crippen LogP contribution in [0.4, 0.5) is 22.0 Å². The minimum Gasteiger partial charge on any atom is -0.362 e. The van der Waals surface area contributed by atoms with Crippen molar-refractivity contribution in [1.29, 1.82) is 0 Å². The number of ether oxygens (including phenoxy) is 1. The fraction of sp³-hybridized carbons (Fsp3) is 0.304. The first-order valence-electron chi connectivity index (χ1n) is 10.6. The molecule has 7 nitrogen and oxygen atoms in total. The highest BCUT2D eigenvalue weighted by molar-refractivity contribution is 7.15. The summed E-state index contributed by atoms with van der Waals surface area (Å²) in [6.07, 6.45) is -5.69. The van der Waals surface area contributed by atoms with E-state index in [9.17, 15) is 26.7 Å². The molecule has 3 aromatic heterocycles. The molecule has 1 atom stereocenters. The van der Waals surface area contributed by atoms with Gasteiger partial charge in [-0.25, -0.2) is 18.6 Å². The molecule has 0 amide bonds. The maximum atomic E-state index is 14.9. The zero-order valence-corrected chi connectivity index (χ0v) is 19.7. The topological polar surface area (TPSA) is 93.9 Å². The van der Waals surface area contributed by atoms with Gasteiger partial charge in [0.15, 0.2) is 11.9 Å². The van der Waals surface area contributed by atoms with Gasteiger partial charge in [-0.05, 0) is 24.6 Å². The minimum atomic E-state index is -4.59. The molecule has 1 N–H and O–H groups in total. The molecular weight excluding hydrogens is 507 g/mol. The molecule has 1 unspecified atom stereocenters. The van der Waals surface area contributed by atoms with Crippen LogP contribution in [0.25, 0.3) is 22.0 Å². The molecule has 0 spiro atoms. The summed E-state index contributed by atoms with van der Waals surface area (Å²) in [5, 5.41) is 3.85. The van der Waals surface area contributed by atoms with Crippen LogP contribution in [0, 0.1) is 6.92 Å². The lowest BCUT2D eigenvalue weighted by Crippen LogP contribution is -2.27. The zero-order chi connectivity index (χ0) is 26.1. The molecule has 190 valence electrons. The predicted octanol–water partition coefficient (Wildman–Crippen LogP) is 6.18. The van der Waals surface area contributed by atoms with E-state index in [1.165, 1.54) is 13.0 Å². The van der Waals surface area contributed by atoms with Gasteiger partial charge in [-0.15, -0.1) is 11.3 Å². The lowest BCUT2D eigenvalue weighted by atomic mass is 10.1. The number of aryl methyl sites for hydroxylation is 1. The van der Waals surface area contributed by atoms with Gasteiger partial charge < -0.3 is 4.74 Å². The molecule has 1 aromatic carbocycles. The number of nitrogens with zero attached hydrogens (tertiary/aromatic N) is 3. The first-order valence-corrected chi connectivity index (χ1v) is 11.4. The highest BCUT2D eigenvalue weighted by Gasteiger charge is 2.42. The summed E-state index contributed by atoms with van der Waals surface area (Å²) in [6, 6.07) is 8.57. The number of alkyl halides is 5. The molecule has 13 heteroatoms. The Bertz CT molecular complexity index is 1380. The quantitative estimate of drug-likeness (QED) is 0.276. The molecule has 0 fully saturated rings. The summed E-state index contributed by atoms with van der Waals surface area (Å²) in [6.45, 7) is 2.73. The molecule has 0 saturated carbocycles. The second-order valence-electron chi connectivity index (χ2n) is 7.84. The standard InChI is InChI=1S/C23H19F5N4O3S/c1-3-22(24,25)18(34-11-13-4-6-14(7-5-13)19-31-21(33)35-32-19)17-12(2)30-20(36-17)15-8-9-16(29-10-15)23(26,27)28/h4-10,18H,3,11H2,1-2H3,(H,31,32,33). The van der Waals surface area contributed by atoms with E-state index in [0.29, 0.717) is 16.8 Å². The molecule has 36 heavy (non-hydrogen) atoms.